The van der Waals surface area contributed by atoms with Gasteiger partial charge < -0.3 is 14.8 Å². The lowest BCUT2D eigenvalue weighted by molar-refractivity contribution is 0.0815. The molecule has 0 fully saturated rings. The highest BCUT2D eigenvalue weighted by Gasteiger charge is 2.09. The summed E-state index contributed by atoms with van der Waals surface area (Å²) in [6.45, 7) is 10.3. The molecule has 0 unspecified atom stereocenters. The minimum atomic E-state index is 0.553. The molecular formula is C16H25Br2NO2. The molecule has 0 spiro atoms. The predicted molar refractivity (Wildman–Crippen MR) is 95.0 cm³/mol. The lowest BCUT2D eigenvalue weighted by atomic mass is 10.2. The molecule has 0 radical (unpaired) electrons. The van der Waals surface area contributed by atoms with E-state index in [2.05, 4.69) is 70.1 Å². The highest BCUT2D eigenvalue weighted by Crippen LogP contribution is 2.34. The zero-order chi connectivity index (χ0) is 15.7. The van der Waals surface area contributed by atoms with Gasteiger partial charge in [0.2, 0.25) is 0 Å². The smallest absolute Gasteiger partial charge is 0.147 e. The minimum Gasteiger partial charge on any atom is -0.489 e. The van der Waals surface area contributed by atoms with Gasteiger partial charge in [-0.3, -0.25) is 0 Å². The van der Waals surface area contributed by atoms with E-state index in [0.717, 1.165) is 40.8 Å². The van der Waals surface area contributed by atoms with Crippen LogP contribution in [0.1, 0.15) is 32.8 Å². The Kier molecular flexibility index (Phi) is 9.56. The van der Waals surface area contributed by atoms with Gasteiger partial charge in [0.25, 0.3) is 0 Å². The van der Waals surface area contributed by atoms with Crippen molar-refractivity contribution in [3.63, 3.8) is 0 Å². The minimum absolute atomic E-state index is 0.553. The summed E-state index contributed by atoms with van der Waals surface area (Å²) in [4.78, 5) is 0. The van der Waals surface area contributed by atoms with Crippen LogP contribution in [0.25, 0.3) is 0 Å². The predicted octanol–water partition coefficient (Wildman–Crippen LogP) is 4.76. The fraction of sp³-hybridized carbons (Fsp3) is 0.625. The molecule has 0 amide bonds. The van der Waals surface area contributed by atoms with Crippen LogP contribution in [0, 0.1) is 5.92 Å². The molecule has 120 valence electrons. The van der Waals surface area contributed by atoms with Crippen molar-refractivity contribution in [2.24, 2.45) is 5.92 Å². The van der Waals surface area contributed by atoms with E-state index in [4.69, 9.17) is 9.47 Å². The Hall–Kier alpha value is -0.100. The van der Waals surface area contributed by atoms with Crippen LogP contribution in [-0.4, -0.2) is 26.4 Å². The van der Waals surface area contributed by atoms with Crippen LogP contribution < -0.4 is 10.1 Å². The zero-order valence-electron chi connectivity index (χ0n) is 13.0. The van der Waals surface area contributed by atoms with Crippen LogP contribution in [0.4, 0.5) is 0 Å². The quantitative estimate of drug-likeness (QED) is 0.551. The summed E-state index contributed by atoms with van der Waals surface area (Å²) in [5.41, 5.74) is 1.23. The third-order valence-electron chi connectivity index (χ3n) is 2.74. The first-order valence-corrected chi connectivity index (χ1v) is 9.02. The molecule has 1 rings (SSSR count). The molecule has 1 N–H and O–H groups in total. The third kappa shape index (κ3) is 7.63. The van der Waals surface area contributed by atoms with Crippen molar-refractivity contribution in [1.82, 2.24) is 5.32 Å². The highest BCUT2D eigenvalue weighted by molar-refractivity contribution is 9.11. The van der Waals surface area contributed by atoms with Crippen molar-refractivity contribution >= 4 is 31.9 Å². The van der Waals surface area contributed by atoms with Gasteiger partial charge in [-0.15, -0.1) is 0 Å². The fourth-order valence-corrected chi connectivity index (χ4v) is 3.29. The second kappa shape index (κ2) is 10.6. The average Bonchev–Trinajstić information content (AvgIpc) is 2.41. The van der Waals surface area contributed by atoms with Gasteiger partial charge in [-0.25, -0.2) is 0 Å². The maximum atomic E-state index is 5.79. The number of hydrogen-bond acceptors (Lipinski definition) is 3. The van der Waals surface area contributed by atoms with Crippen molar-refractivity contribution in [3.8, 4) is 5.75 Å². The van der Waals surface area contributed by atoms with Crippen LogP contribution in [0.3, 0.4) is 0 Å². The molecule has 0 aromatic heterocycles. The van der Waals surface area contributed by atoms with Crippen LogP contribution in [0.15, 0.2) is 21.1 Å². The Morgan fingerprint density at radius 2 is 1.81 bits per heavy atom. The highest BCUT2D eigenvalue weighted by atomic mass is 79.9. The molecule has 21 heavy (non-hydrogen) atoms. The van der Waals surface area contributed by atoms with E-state index < -0.39 is 0 Å². The maximum Gasteiger partial charge on any atom is 0.147 e. The van der Waals surface area contributed by atoms with E-state index in [-0.39, 0.29) is 0 Å². The summed E-state index contributed by atoms with van der Waals surface area (Å²) >= 11 is 7.15. The van der Waals surface area contributed by atoms with Gasteiger partial charge in [-0.2, -0.15) is 0 Å². The monoisotopic (exact) mass is 421 g/mol. The Morgan fingerprint density at radius 3 is 2.38 bits per heavy atom. The summed E-state index contributed by atoms with van der Waals surface area (Å²) in [5, 5.41) is 3.39. The van der Waals surface area contributed by atoms with Crippen molar-refractivity contribution in [2.45, 2.75) is 33.7 Å². The van der Waals surface area contributed by atoms with E-state index in [0.29, 0.717) is 19.1 Å². The molecule has 3 nitrogen and oxygen atoms in total. The van der Waals surface area contributed by atoms with Crippen molar-refractivity contribution < 1.29 is 9.47 Å². The van der Waals surface area contributed by atoms with Crippen LogP contribution in [-0.2, 0) is 11.3 Å². The SMILES string of the molecule is CCCNCc1cc(Br)c(OCCOCC(C)C)c(Br)c1. The Balaban J connectivity index is 2.47. The molecule has 0 bridgehead atoms. The van der Waals surface area contributed by atoms with Gasteiger partial charge in [0.05, 0.1) is 15.6 Å². The Labute approximate surface area is 145 Å². The lowest BCUT2D eigenvalue weighted by Crippen LogP contribution is -2.14. The van der Waals surface area contributed by atoms with E-state index in [1.165, 1.54) is 5.56 Å². The van der Waals surface area contributed by atoms with Gasteiger partial charge in [0.15, 0.2) is 0 Å². The first-order chi connectivity index (χ1) is 10.0. The fourth-order valence-electron chi connectivity index (χ4n) is 1.78. The maximum absolute atomic E-state index is 5.79. The second-order valence-corrected chi connectivity index (χ2v) is 7.09. The Morgan fingerprint density at radius 1 is 1.14 bits per heavy atom. The normalized spacial score (nSPS) is 11.1. The second-order valence-electron chi connectivity index (χ2n) is 5.38. The number of benzene rings is 1. The average molecular weight is 423 g/mol. The van der Waals surface area contributed by atoms with Crippen molar-refractivity contribution in [3.05, 3.63) is 26.6 Å². The van der Waals surface area contributed by atoms with Gasteiger partial charge >= 0.3 is 0 Å². The molecule has 0 aliphatic carbocycles. The molecular weight excluding hydrogens is 398 g/mol. The number of ether oxygens (including phenoxy) is 2. The summed E-state index contributed by atoms with van der Waals surface area (Å²) in [6, 6.07) is 4.19. The molecule has 0 saturated carbocycles. The van der Waals surface area contributed by atoms with E-state index >= 15 is 0 Å². The summed E-state index contributed by atoms with van der Waals surface area (Å²) in [6.07, 6.45) is 1.14. The number of hydrogen-bond donors (Lipinski definition) is 1. The number of nitrogens with one attached hydrogen (secondary N) is 1. The summed E-state index contributed by atoms with van der Waals surface area (Å²) < 4.78 is 13.2. The van der Waals surface area contributed by atoms with E-state index in [9.17, 15) is 0 Å². The van der Waals surface area contributed by atoms with Crippen LogP contribution in [0.5, 0.6) is 5.75 Å². The molecule has 1 aromatic carbocycles. The molecule has 0 atom stereocenters. The molecule has 0 heterocycles. The van der Waals surface area contributed by atoms with Gasteiger partial charge in [0.1, 0.15) is 12.4 Å². The summed E-state index contributed by atoms with van der Waals surface area (Å²) in [7, 11) is 0. The van der Waals surface area contributed by atoms with Gasteiger partial charge in [-0.05, 0) is 68.4 Å². The summed E-state index contributed by atoms with van der Waals surface area (Å²) in [5.74, 6) is 1.39. The Bertz CT molecular complexity index is 402. The van der Waals surface area contributed by atoms with Crippen LogP contribution in [0.2, 0.25) is 0 Å². The van der Waals surface area contributed by atoms with Crippen LogP contribution >= 0.6 is 31.9 Å². The van der Waals surface area contributed by atoms with Crippen molar-refractivity contribution in [2.75, 3.05) is 26.4 Å². The molecule has 5 heteroatoms. The van der Waals surface area contributed by atoms with Gasteiger partial charge in [0, 0.05) is 13.2 Å². The van der Waals surface area contributed by atoms with Crippen molar-refractivity contribution in [1.29, 1.82) is 0 Å². The lowest BCUT2D eigenvalue weighted by Gasteiger charge is -2.13. The molecule has 0 aliphatic rings. The van der Waals surface area contributed by atoms with E-state index in [1.807, 2.05) is 0 Å². The third-order valence-corrected chi connectivity index (χ3v) is 3.92. The molecule has 0 aliphatic heterocycles. The number of halogens is 2. The first-order valence-electron chi connectivity index (χ1n) is 7.43. The molecule has 1 aromatic rings. The topological polar surface area (TPSA) is 30.5 Å². The largest absolute Gasteiger partial charge is 0.489 e. The molecule has 0 saturated heterocycles. The van der Waals surface area contributed by atoms with Gasteiger partial charge in [-0.1, -0.05) is 20.8 Å². The standard InChI is InChI=1S/C16H25Br2NO2/c1-4-5-19-10-13-8-14(17)16(15(18)9-13)21-7-6-20-11-12(2)3/h8-9,12,19H,4-7,10-11H2,1-3H3. The van der Waals surface area contributed by atoms with E-state index in [1.54, 1.807) is 0 Å². The zero-order valence-corrected chi connectivity index (χ0v) is 16.2. The first kappa shape index (κ1) is 18.9. The number of rotatable bonds is 10.